The van der Waals surface area contributed by atoms with Crippen molar-refractivity contribution in [2.24, 2.45) is 0 Å². The van der Waals surface area contributed by atoms with Crippen LogP contribution in [0.2, 0.25) is 0 Å². The quantitative estimate of drug-likeness (QED) is 0.237. The number of nitrogens with zero attached hydrogens (tertiary/aromatic N) is 1. The molecule has 5 rings (SSSR count). The average molecular weight is 547 g/mol. The Labute approximate surface area is 224 Å². The minimum absolute atomic E-state index is 0.0934. The smallest absolute Gasteiger partial charge is 0.244 e. The maximum atomic E-state index is 13.5. The van der Waals surface area contributed by atoms with E-state index in [9.17, 15) is 13.2 Å². The summed E-state index contributed by atoms with van der Waals surface area (Å²) in [5.41, 5.74) is 4.24. The molecular weight excluding hydrogens is 520 g/mol. The van der Waals surface area contributed by atoms with Crippen LogP contribution in [-0.4, -0.2) is 37.4 Å². The third-order valence-corrected chi connectivity index (χ3v) is 8.41. The number of aromatic amines is 1. The van der Waals surface area contributed by atoms with Gasteiger partial charge in [-0.05, 0) is 61.4 Å². The molecule has 10 heteroatoms. The number of fused-ring (bicyclic) bond motifs is 1. The molecule has 0 bridgehead atoms. The highest BCUT2D eigenvalue weighted by atomic mass is 32.2. The van der Waals surface area contributed by atoms with Gasteiger partial charge in [0.1, 0.15) is 11.8 Å². The number of benzene rings is 3. The van der Waals surface area contributed by atoms with Crippen molar-refractivity contribution in [2.45, 2.75) is 24.3 Å². The van der Waals surface area contributed by atoms with Crippen molar-refractivity contribution in [1.82, 2.24) is 14.7 Å². The summed E-state index contributed by atoms with van der Waals surface area (Å²) in [5.74, 6) is 0.236. The summed E-state index contributed by atoms with van der Waals surface area (Å²) in [7, 11) is -2.36. The van der Waals surface area contributed by atoms with Crippen LogP contribution in [0.4, 0.5) is 5.13 Å². The lowest BCUT2D eigenvalue weighted by atomic mass is 10.1. The molecule has 0 spiro atoms. The molecule has 0 saturated heterocycles. The second-order valence-electron chi connectivity index (χ2n) is 8.81. The van der Waals surface area contributed by atoms with Gasteiger partial charge in [-0.25, -0.2) is 13.4 Å². The standard InChI is InChI=1S/C28H26N4O4S2/c1-18-7-13-22(14-8-18)38(34,35)32-25(15-20-16-29-24-6-4-3-5-23(20)24)27(33)31-28-30-26(17-37-28)19-9-11-21(36-2)12-10-19/h3-14,16-17,25,29,32H,15H2,1-2H3,(H,30,31,33). The van der Waals surface area contributed by atoms with E-state index in [1.165, 1.54) is 23.5 Å². The molecule has 1 unspecified atom stereocenters. The van der Waals surface area contributed by atoms with Gasteiger partial charge in [-0.1, -0.05) is 35.9 Å². The Morgan fingerprint density at radius 1 is 1.05 bits per heavy atom. The molecular formula is C28H26N4O4S2. The van der Waals surface area contributed by atoms with Gasteiger partial charge >= 0.3 is 0 Å². The van der Waals surface area contributed by atoms with Gasteiger partial charge in [0, 0.05) is 28.0 Å². The number of aromatic nitrogens is 2. The number of rotatable bonds is 9. The Hall–Kier alpha value is -3.99. The molecule has 5 aromatic rings. The molecule has 0 aliphatic heterocycles. The highest BCUT2D eigenvalue weighted by molar-refractivity contribution is 7.89. The zero-order valence-corrected chi connectivity index (χ0v) is 22.4. The van der Waals surface area contributed by atoms with Crippen molar-refractivity contribution in [3.8, 4) is 17.0 Å². The Kier molecular flexibility index (Phi) is 7.28. The van der Waals surface area contributed by atoms with Crippen LogP contribution in [0.3, 0.4) is 0 Å². The highest BCUT2D eigenvalue weighted by Crippen LogP contribution is 2.27. The maximum absolute atomic E-state index is 13.5. The largest absolute Gasteiger partial charge is 0.497 e. The minimum Gasteiger partial charge on any atom is -0.497 e. The SMILES string of the molecule is COc1ccc(-c2csc(NC(=O)C(Cc3c[nH]c4ccccc34)NS(=O)(=O)c3ccc(C)cc3)n2)cc1. The first kappa shape index (κ1) is 25.7. The Morgan fingerprint density at radius 2 is 1.79 bits per heavy atom. The van der Waals surface area contributed by atoms with E-state index in [4.69, 9.17) is 4.74 Å². The lowest BCUT2D eigenvalue weighted by Crippen LogP contribution is -2.45. The summed E-state index contributed by atoms with van der Waals surface area (Å²) in [4.78, 5) is 21.3. The van der Waals surface area contributed by atoms with Crippen molar-refractivity contribution in [3.63, 3.8) is 0 Å². The fourth-order valence-electron chi connectivity index (χ4n) is 4.10. The van der Waals surface area contributed by atoms with Crippen LogP contribution in [0.25, 0.3) is 22.2 Å². The zero-order chi connectivity index (χ0) is 26.7. The van der Waals surface area contributed by atoms with E-state index in [-0.39, 0.29) is 11.3 Å². The number of carbonyl (C=O) groups excluding carboxylic acids is 1. The molecule has 2 aromatic heterocycles. The number of anilines is 1. The number of methoxy groups -OCH3 is 1. The first-order valence-corrected chi connectivity index (χ1v) is 14.2. The highest BCUT2D eigenvalue weighted by Gasteiger charge is 2.28. The van der Waals surface area contributed by atoms with Crippen LogP contribution < -0.4 is 14.8 Å². The van der Waals surface area contributed by atoms with Crippen LogP contribution in [-0.2, 0) is 21.2 Å². The summed E-state index contributed by atoms with van der Waals surface area (Å²) < 4.78 is 34.3. The van der Waals surface area contributed by atoms with E-state index < -0.39 is 22.0 Å². The summed E-state index contributed by atoms with van der Waals surface area (Å²) in [6, 6.07) is 20.6. The molecule has 3 aromatic carbocycles. The molecule has 0 fully saturated rings. The lowest BCUT2D eigenvalue weighted by Gasteiger charge is -2.18. The number of H-pyrrole nitrogens is 1. The molecule has 0 aliphatic carbocycles. The molecule has 0 aliphatic rings. The number of aryl methyl sites for hydroxylation is 1. The summed E-state index contributed by atoms with van der Waals surface area (Å²) >= 11 is 1.27. The van der Waals surface area contributed by atoms with Gasteiger partial charge in [-0.15, -0.1) is 11.3 Å². The Bertz CT molecular complexity index is 1670. The number of hydrogen-bond donors (Lipinski definition) is 3. The van der Waals surface area contributed by atoms with Gasteiger partial charge in [-0.2, -0.15) is 4.72 Å². The number of amides is 1. The predicted octanol–water partition coefficient (Wildman–Crippen LogP) is 5.14. The van der Waals surface area contributed by atoms with Gasteiger partial charge in [0.15, 0.2) is 5.13 Å². The van der Waals surface area contributed by atoms with E-state index in [1.54, 1.807) is 25.4 Å². The van der Waals surface area contributed by atoms with Crippen LogP contribution in [0.5, 0.6) is 5.75 Å². The lowest BCUT2D eigenvalue weighted by molar-refractivity contribution is -0.117. The molecule has 0 radical (unpaired) electrons. The fraction of sp³-hybridized carbons (Fsp3) is 0.143. The van der Waals surface area contributed by atoms with Crippen molar-refractivity contribution in [3.05, 3.63) is 95.5 Å². The number of hydrogen-bond acceptors (Lipinski definition) is 6. The Morgan fingerprint density at radius 3 is 2.53 bits per heavy atom. The van der Waals surface area contributed by atoms with E-state index in [0.29, 0.717) is 10.8 Å². The zero-order valence-electron chi connectivity index (χ0n) is 20.8. The van der Waals surface area contributed by atoms with E-state index in [2.05, 4.69) is 20.0 Å². The van der Waals surface area contributed by atoms with Crippen LogP contribution in [0.1, 0.15) is 11.1 Å². The minimum atomic E-state index is -3.96. The van der Waals surface area contributed by atoms with E-state index in [1.807, 2.05) is 60.8 Å². The second kappa shape index (κ2) is 10.8. The molecule has 1 atom stereocenters. The molecule has 0 saturated carbocycles. The molecule has 3 N–H and O–H groups in total. The van der Waals surface area contributed by atoms with Crippen LogP contribution in [0.15, 0.2) is 89.3 Å². The van der Waals surface area contributed by atoms with E-state index in [0.717, 1.165) is 33.3 Å². The maximum Gasteiger partial charge on any atom is 0.244 e. The van der Waals surface area contributed by atoms with Crippen LogP contribution >= 0.6 is 11.3 Å². The van der Waals surface area contributed by atoms with Crippen LogP contribution in [0, 0.1) is 6.92 Å². The van der Waals surface area contributed by atoms with Gasteiger partial charge in [0.25, 0.3) is 0 Å². The Balaban J connectivity index is 1.40. The molecule has 2 heterocycles. The molecule has 8 nitrogen and oxygen atoms in total. The van der Waals surface area contributed by atoms with Crippen molar-refractivity contribution >= 4 is 43.3 Å². The number of thiazole rings is 1. The molecule has 38 heavy (non-hydrogen) atoms. The van der Waals surface area contributed by atoms with Gasteiger partial charge in [0.05, 0.1) is 17.7 Å². The predicted molar refractivity (Wildman–Crippen MR) is 150 cm³/mol. The van der Waals surface area contributed by atoms with Crippen molar-refractivity contribution in [1.29, 1.82) is 0 Å². The number of ether oxygens (including phenoxy) is 1. The first-order valence-electron chi connectivity index (χ1n) is 11.9. The summed E-state index contributed by atoms with van der Waals surface area (Å²) in [6.07, 6.45) is 1.95. The third kappa shape index (κ3) is 5.62. The van der Waals surface area contributed by atoms with Gasteiger partial charge in [-0.3, -0.25) is 4.79 Å². The van der Waals surface area contributed by atoms with Gasteiger partial charge in [0.2, 0.25) is 15.9 Å². The average Bonchev–Trinajstić information content (AvgIpc) is 3.56. The summed E-state index contributed by atoms with van der Waals surface area (Å²) in [5, 5.41) is 5.94. The van der Waals surface area contributed by atoms with Crippen molar-refractivity contribution < 1.29 is 17.9 Å². The second-order valence-corrected chi connectivity index (χ2v) is 11.4. The number of carbonyl (C=O) groups is 1. The van der Waals surface area contributed by atoms with E-state index >= 15 is 0 Å². The van der Waals surface area contributed by atoms with Gasteiger partial charge < -0.3 is 15.0 Å². The normalized spacial score (nSPS) is 12.4. The number of nitrogens with one attached hydrogen (secondary N) is 3. The fourth-order valence-corrected chi connectivity index (χ4v) is 6.02. The first-order chi connectivity index (χ1) is 18.3. The third-order valence-electron chi connectivity index (χ3n) is 6.16. The monoisotopic (exact) mass is 546 g/mol. The molecule has 1 amide bonds. The number of sulfonamides is 1. The number of para-hydroxylation sites is 1. The van der Waals surface area contributed by atoms with Crippen molar-refractivity contribution in [2.75, 3.05) is 12.4 Å². The topological polar surface area (TPSA) is 113 Å². The molecule has 194 valence electrons. The summed E-state index contributed by atoms with van der Waals surface area (Å²) in [6.45, 7) is 1.88.